The fraction of sp³-hybridized carbons (Fsp3) is 0.667. The maximum absolute atomic E-state index is 9.14. The maximum Gasteiger partial charge on any atom is 0.180 e. The molecule has 0 saturated carbocycles. The number of aliphatic hydroxyl groups excluding tert-OH is 1. The predicted molar refractivity (Wildman–Crippen MR) is 57.0 cm³/mol. The summed E-state index contributed by atoms with van der Waals surface area (Å²) >= 11 is 1.53. The normalized spacial score (nSPS) is 23.1. The van der Waals surface area contributed by atoms with Crippen LogP contribution in [0.25, 0.3) is 0 Å². The molecule has 1 atom stereocenters. The molecule has 0 aromatic carbocycles. The molecular weight excluding hydrogens is 198 g/mol. The number of anilines is 1. The Morgan fingerprint density at radius 2 is 2.57 bits per heavy atom. The second kappa shape index (κ2) is 4.25. The fourth-order valence-electron chi connectivity index (χ4n) is 1.91. The summed E-state index contributed by atoms with van der Waals surface area (Å²) in [6.07, 6.45) is 4.11. The van der Waals surface area contributed by atoms with Crippen molar-refractivity contribution in [1.82, 2.24) is 9.88 Å². The van der Waals surface area contributed by atoms with Gasteiger partial charge in [-0.2, -0.15) is 0 Å². The molecule has 4 nitrogen and oxygen atoms in total. The van der Waals surface area contributed by atoms with Gasteiger partial charge < -0.3 is 10.8 Å². The van der Waals surface area contributed by atoms with Crippen LogP contribution >= 0.6 is 11.3 Å². The molecule has 0 bridgehead atoms. The van der Waals surface area contributed by atoms with Crippen molar-refractivity contribution < 1.29 is 5.11 Å². The van der Waals surface area contributed by atoms with Gasteiger partial charge in [0.15, 0.2) is 5.13 Å². The van der Waals surface area contributed by atoms with Crippen LogP contribution in [0.2, 0.25) is 0 Å². The van der Waals surface area contributed by atoms with Crippen LogP contribution < -0.4 is 5.73 Å². The third-order valence-electron chi connectivity index (χ3n) is 2.64. The molecule has 5 heteroatoms. The molecule has 2 heterocycles. The molecular formula is C9H15N3OS. The zero-order valence-corrected chi connectivity index (χ0v) is 8.83. The lowest BCUT2D eigenvalue weighted by Gasteiger charge is -2.21. The number of nitrogens with zero attached hydrogens (tertiary/aromatic N) is 2. The lowest BCUT2D eigenvalue weighted by molar-refractivity contribution is 0.154. The molecule has 1 saturated heterocycles. The van der Waals surface area contributed by atoms with Gasteiger partial charge in [0.25, 0.3) is 0 Å². The standard InChI is InChI=1S/C9H15N3OS/c10-9-11-4-8(14-9)5-12-3-1-2-7(12)6-13/h4,7,13H,1-3,5-6H2,(H2,10,11)/t7-/m1/s1. The van der Waals surface area contributed by atoms with Crippen molar-refractivity contribution in [2.45, 2.75) is 25.4 Å². The van der Waals surface area contributed by atoms with Gasteiger partial charge in [0.05, 0.1) is 6.61 Å². The molecule has 1 aliphatic rings. The fourth-order valence-corrected chi connectivity index (χ4v) is 2.62. The number of rotatable bonds is 3. The molecule has 3 N–H and O–H groups in total. The molecule has 2 rings (SSSR count). The smallest absolute Gasteiger partial charge is 0.180 e. The number of aliphatic hydroxyl groups is 1. The Morgan fingerprint density at radius 3 is 3.21 bits per heavy atom. The molecule has 1 aromatic rings. The number of likely N-dealkylation sites (tertiary alicyclic amines) is 1. The van der Waals surface area contributed by atoms with E-state index in [0.717, 1.165) is 19.5 Å². The molecule has 1 fully saturated rings. The van der Waals surface area contributed by atoms with E-state index in [1.54, 1.807) is 0 Å². The highest BCUT2D eigenvalue weighted by Crippen LogP contribution is 2.22. The average Bonchev–Trinajstić information content (AvgIpc) is 2.76. The molecule has 1 aliphatic heterocycles. The number of aromatic nitrogens is 1. The first kappa shape index (κ1) is 9.89. The van der Waals surface area contributed by atoms with Gasteiger partial charge >= 0.3 is 0 Å². The van der Waals surface area contributed by atoms with Crippen LogP contribution in [-0.4, -0.2) is 34.2 Å². The molecule has 78 valence electrons. The first-order chi connectivity index (χ1) is 6.79. The Labute approximate surface area is 87.4 Å². The molecule has 1 aromatic heterocycles. The summed E-state index contributed by atoms with van der Waals surface area (Å²) in [6, 6.07) is 0.332. The van der Waals surface area contributed by atoms with Gasteiger partial charge in [-0.05, 0) is 19.4 Å². The van der Waals surface area contributed by atoms with Crippen molar-refractivity contribution in [3.63, 3.8) is 0 Å². The number of nitrogen functional groups attached to an aromatic ring is 1. The van der Waals surface area contributed by atoms with Crippen LogP contribution in [0.4, 0.5) is 5.13 Å². The summed E-state index contributed by atoms with van der Waals surface area (Å²) in [7, 11) is 0. The van der Waals surface area contributed by atoms with Crippen molar-refractivity contribution in [3.05, 3.63) is 11.1 Å². The Kier molecular flexibility index (Phi) is 3.00. The van der Waals surface area contributed by atoms with Gasteiger partial charge in [0.1, 0.15) is 0 Å². The number of thiazole rings is 1. The predicted octanol–water partition coefficient (Wildman–Crippen LogP) is 0.682. The SMILES string of the molecule is Nc1ncc(CN2CCC[C@@H]2CO)s1. The first-order valence-corrected chi connectivity index (χ1v) is 5.66. The van der Waals surface area contributed by atoms with E-state index in [4.69, 9.17) is 10.8 Å². The van der Waals surface area contributed by atoms with Crippen molar-refractivity contribution in [3.8, 4) is 0 Å². The summed E-state index contributed by atoms with van der Waals surface area (Å²) in [4.78, 5) is 7.50. The molecule has 0 unspecified atom stereocenters. The molecule has 0 radical (unpaired) electrons. The van der Waals surface area contributed by atoms with E-state index < -0.39 is 0 Å². The van der Waals surface area contributed by atoms with Gasteiger partial charge in [-0.15, -0.1) is 11.3 Å². The third kappa shape index (κ3) is 2.05. The summed E-state index contributed by atoms with van der Waals surface area (Å²) < 4.78 is 0. The second-order valence-corrected chi connectivity index (χ2v) is 4.76. The minimum Gasteiger partial charge on any atom is -0.395 e. The van der Waals surface area contributed by atoms with Crippen LogP contribution in [0.15, 0.2) is 6.20 Å². The topological polar surface area (TPSA) is 62.4 Å². The van der Waals surface area contributed by atoms with Gasteiger partial charge in [-0.3, -0.25) is 4.90 Å². The first-order valence-electron chi connectivity index (χ1n) is 4.84. The highest BCUT2D eigenvalue weighted by Gasteiger charge is 2.23. The lowest BCUT2D eigenvalue weighted by atomic mass is 10.2. The summed E-state index contributed by atoms with van der Waals surface area (Å²) in [5, 5.41) is 9.77. The zero-order valence-electron chi connectivity index (χ0n) is 8.02. The zero-order chi connectivity index (χ0) is 9.97. The van der Waals surface area contributed by atoms with Crippen molar-refractivity contribution in [2.75, 3.05) is 18.9 Å². The summed E-state index contributed by atoms with van der Waals surface area (Å²) in [5.41, 5.74) is 5.56. The van der Waals surface area contributed by atoms with E-state index in [2.05, 4.69) is 9.88 Å². The average molecular weight is 213 g/mol. The monoisotopic (exact) mass is 213 g/mol. The van der Waals surface area contributed by atoms with E-state index in [-0.39, 0.29) is 6.61 Å². The third-order valence-corrected chi connectivity index (χ3v) is 3.45. The highest BCUT2D eigenvalue weighted by molar-refractivity contribution is 7.15. The summed E-state index contributed by atoms with van der Waals surface area (Å²) in [6.45, 7) is 2.21. The van der Waals surface area contributed by atoms with E-state index in [1.807, 2.05) is 6.20 Å². The number of hydrogen-bond donors (Lipinski definition) is 2. The highest BCUT2D eigenvalue weighted by atomic mass is 32.1. The van der Waals surface area contributed by atoms with Crippen LogP contribution in [0, 0.1) is 0 Å². The maximum atomic E-state index is 9.14. The molecule has 0 amide bonds. The van der Waals surface area contributed by atoms with Crippen LogP contribution in [-0.2, 0) is 6.54 Å². The quantitative estimate of drug-likeness (QED) is 0.775. The van der Waals surface area contributed by atoms with Crippen LogP contribution in [0.3, 0.4) is 0 Å². The van der Waals surface area contributed by atoms with E-state index in [9.17, 15) is 0 Å². The van der Waals surface area contributed by atoms with Gasteiger partial charge in [0.2, 0.25) is 0 Å². The largest absolute Gasteiger partial charge is 0.395 e. The summed E-state index contributed by atoms with van der Waals surface area (Å²) in [5.74, 6) is 0. The molecule has 0 spiro atoms. The second-order valence-electron chi connectivity index (χ2n) is 3.61. The lowest BCUT2D eigenvalue weighted by Crippen LogP contribution is -2.31. The Hall–Kier alpha value is -0.650. The number of nitrogens with two attached hydrogens (primary N) is 1. The number of hydrogen-bond acceptors (Lipinski definition) is 5. The Balaban J connectivity index is 1.96. The van der Waals surface area contributed by atoms with E-state index in [0.29, 0.717) is 11.2 Å². The van der Waals surface area contributed by atoms with Crippen molar-refractivity contribution >= 4 is 16.5 Å². The van der Waals surface area contributed by atoms with Crippen molar-refractivity contribution in [1.29, 1.82) is 0 Å². The minimum atomic E-state index is 0.258. The molecule has 0 aliphatic carbocycles. The van der Waals surface area contributed by atoms with Gasteiger partial charge in [0, 0.05) is 23.7 Å². The van der Waals surface area contributed by atoms with E-state index in [1.165, 1.54) is 22.6 Å². The van der Waals surface area contributed by atoms with Crippen LogP contribution in [0.1, 0.15) is 17.7 Å². The Morgan fingerprint density at radius 1 is 1.71 bits per heavy atom. The van der Waals surface area contributed by atoms with Crippen LogP contribution in [0.5, 0.6) is 0 Å². The van der Waals surface area contributed by atoms with Crippen molar-refractivity contribution in [2.24, 2.45) is 0 Å². The molecule has 14 heavy (non-hydrogen) atoms. The van der Waals surface area contributed by atoms with Gasteiger partial charge in [-0.1, -0.05) is 0 Å². The van der Waals surface area contributed by atoms with Gasteiger partial charge in [-0.25, -0.2) is 4.98 Å². The Bertz CT molecular complexity index is 302. The van der Waals surface area contributed by atoms with E-state index >= 15 is 0 Å². The minimum absolute atomic E-state index is 0.258.